The van der Waals surface area contributed by atoms with Crippen molar-refractivity contribution < 1.29 is 9.72 Å². The quantitative estimate of drug-likeness (QED) is 0.613. The normalized spacial score (nSPS) is 18.2. The van der Waals surface area contributed by atoms with Crippen LogP contribution in [-0.2, 0) is 11.2 Å². The molecule has 19 heavy (non-hydrogen) atoms. The van der Waals surface area contributed by atoms with Gasteiger partial charge in [0.15, 0.2) is 0 Å². The Morgan fingerprint density at radius 2 is 2.37 bits per heavy atom. The van der Waals surface area contributed by atoms with Crippen LogP contribution in [0.25, 0.3) is 0 Å². The van der Waals surface area contributed by atoms with Crippen LogP contribution >= 0.6 is 0 Å². The maximum atomic E-state index is 11.7. The van der Waals surface area contributed by atoms with Crippen LogP contribution in [0.4, 0.5) is 5.69 Å². The zero-order chi connectivity index (χ0) is 13.7. The van der Waals surface area contributed by atoms with Crippen molar-refractivity contribution in [3.63, 3.8) is 0 Å². The maximum absolute atomic E-state index is 11.7. The fourth-order valence-electron chi connectivity index (χ4n) is 2.20. The van der Waals surface area contributed by atoms with Gasteiger partial charge in [0.25, 0.3) is 5.69 Å². The molecule has 1 aliphatic rings. The van der Waals surface area contributed by atoms with Crippen molar-refractivity contribution in [3.05, 3.63) is 39.9 Å². The topological polar surface area (TPSA) is 84.3 Å². The van der Waals surface area contributed by atoms with Gasteiger partial charge in [-0.1, -0.05) is 12.1 Å². The highest BCUT2D eigenvalue weighted by atomic mass is 16.6. The molecule has 2 N–H and O–H groups in total. The van der Waals surface area contributed by atoms with Crippen molar-refractivity contribution in [2.24, 2.45) is 0 Å². The van der Waals surface area contributed by atoms with Crippen LogP contribution in [0.5, 0.6) is 0 Å². The van der Waals surface area contributed by atoms with Crippen LogP contribution in [0.1, 0.15) is 18.4 Å². The first kappa shape index (κ1) is 13.5. The van der Waals surface area contributed by atoms with Crippen LogP contribution in [0, 0.1) is 10.1 Å². The number of rotatable bonds is 5. The van der Waals surface area contributed by atoms with E-state index in [1.807, 2.05) is 0 Å². The zero-order valence-corrected chi connectivity index (χ0v) is 10.6. The molecule has 1 heterocycles. The first-order valence-electron chi connectivity index (χ1n) is 6.38. The lowest BCUT2D eigenvalue weighted by Gasteiger charge is -2.11. The van der Waals surface area contributed by atoms with Gasteiger partial charge in [-0.3, -0.25) is 14.9 Å². The first-order chi connectivity index (χ1) is 9.15. The number of benzene rings is 1. The molecule has 1 unspecified atom stereocenters. The molecule has 6 heteroatoms. The van der Waals surface area contributed by atoms with Gasteiger partial charge in [0.2, 0.25) is 5.91 Å². The Balaban J connectivity index is 1.84. The fourth-order valence-corrected chi connectivity index (χ4v) is 2.20. The Morgan fingerprint density at radius 3 is 3.05 bits per heavy atom. The van der Waals surface area contributed by atoms with E-state index in [0.717, 1.165) is 19.4 Å². The van der Waals surface area contributed by atoms with Crippen LogP contribution in [0.2, 0.25) is 0 Å². The second-order valence-electron chi connectivity index (χ2n) is 4.70. The number of nitrogens with zero attached hydrogens (tertiary/aromatic N) is 1. The van der Waals surface area contributed by atoms with E-state index in [9.17, 15) is 14.9 Å². The van der Waals surface area contributed by atoms with Gasteiger partial charge in [-0.05, 0) is 24.9 Å². The number of hydrogen-bond donors (Lipinski definition) is 2. The lowest BCUT2D eigenvalue weighted by atomic mass is 10.1. The molecule has 1 saturated heterocycles. The summed E-state index contributed by atoms with van der Waals surface area (Å²) in [7, 11) is 0. The summed E-state index contributed by atoms with van der Waals surface area (Å²) >= 11 is 0. The average molecular weight is 263 g/mol. The number of nitro groups is 1. The molecule has 0 saturated carbocycles. The van der Waals surface area contributed by atoms with E-state index in [-0.39, 0.29) is 18.0 Å². The monoisotopic (exact) mass is 263 g/mol. The summed E-state index contributed by atoms with van der Waals surface area (Å²) in [6.07, 6.45) is 2.40. The van der Waals surface area contributed by atoms with Crippen molar-refractivity contribution in [3.8, 4) is 0 Å². The second-order valence-corrected chi connectivity index (χ2v) is 4.70. The third-order valence-electron chi connectivity index (χ3n) is 3.19. The molecule has 0 aliphatic carbocycles. The molecular weight excluding hydrogens is 246 g/mol. The maximum Gasteiger partial charge on any atom is 0.269 e. The molecular formula is C13H17N3O3. The molecule has 2 rings (SSSR count). The summed E-state index contributed by atoms with van der Waals surface area (Å²) < 4.78 is 0. The fraction of sp³-hybridized carbons (Fsp3) is 0.462. The van der Waals surface area contributed by atoms with E-state index in [1.165, 1.54) is 12.1 Å². The molecule has 1 aromatic rings. The smallest absolute Gasteiger partial charge is 0.269 e. The summed E-state index contributed by atoms with van der Waals surface area (Å²) in [6.45, 7) is 1.62. The summed E-state index contributed by atoms with van der Waals surface area (Å²) in [4.78, 5) is 21.9. The van der Waals surface area contributed by atoms with Crippen molar-refractivity contribution in [1.82, 2.24) is 10.6 Å². The number of non-ortho nitro benzene ring substituents is 1. The highest BCUT2D eigenvalue weighted by Gasteiger charge is 2.15. The number of nitrogens with one attached hydrogen (secondary N) is 2. The van der Waals surface area contributed by atoms with Crippen LogP contribution < -0.4 is 10.6 Å². The van der Waals surface area contributed by atoms with E-state index >= 15 is 0 Å². The minimum atomic E-state index is -0.455. The van der Waals surface area contributed by atoms with Crippen LogP contribution in [-0.4, -0.2) is 30.0 Å². The molecule has 0 bridgehead atoms. The van der Waals surface area contributed by atoms with Crippen molar-refractivity contribution in [2.45, 2.75) is 25.3 Å². The standard InChI is InChI=1S/C13H17N3O3/c17-13(15-9-11-4-2-6-14-11)8-10-3-1-5-12(7-10)16(18)19/h1,3,5,7,11,14H,2,4,6,8-9H2,(H,15,17). The Morgan fingerprint density at radius 1 is 1.53 bits per heavy atom. The summed E-state index contributed by atoms with van der Waals surface area (Å²) in [5.41, 5.74) is 0.675. The molecule has 0 spiro atoms. The molecule has 1 aromatic carbocycles. The molecule has 1 fully saturated rings. The number of carbonyl (C=O) groups is 1. The highest BCUT2D eigenvalue weighted by molar-refractivity contribution is 5.78. The summed E-state index contributed by atoms with van der Waals surface area (Å²) in [6, 6.07) is 6.53. The van der Waals surface area contributed by atoms with E-state index in [2.05, 4.69) is 10.6 Å². The van der Waals surface area contributed by atoms with E-state index in [1.54, 1.807) is 12.1 Å². The third-order valence-corrected chi connectivity index (χ3v) is 3.19. The zero-order valence-electron chi connectivity index (χ0n) is 10.6. The molecule has 0 radical (unpaired) electrons. The molecule has 6 nitrogen and oxygen atoms in total. The van der Waals surface area contributed by atoms with Gasteiger partial charge >= 0.3 is 0 Å². The van der Waals surface area contributed by atoms with Gasteiger partial charge in [-0.2, -0.15) is 0 Å². The van der Waals surface area contributed by atoms with Crippen LogP contribution in [0.15, 0.2) is 24.3 Å². The third kappa shape index (κ3) is 4.03. The predicted molar refractivity (Wildman–Crippen MR) is 70.8 cm³/mol. The lowest BCUT2D eigenvalue weighted by molar-refractivity contribution is -0.384. The van der Waals surface area contributed by atoms with E-state index < -0.39 is 4.92 Å². The van der Waals surface area contributed by atoms with Gasteiger partial charge in [-0.15, -0.1) is 0 Å². The molecule has 0 aromatic heterocycles. The largest absolute Gasteiger partial charge is 0.354 e. The SMILES string of the molecule is O=C(Cc1cccc([N+](=O)[O-])c1)NCC1CCCN1. The molecule has 1 atom stereocenters. The number of amides is 1. The lowest BCUT2D eigenvalue weighted by Crippen LogP contribution is -2.37. The molecule has 1 aliphatic heterocycles. The van der Waals surface area contributed by atoms with Gasteiger partial charge in [0.1, 0.15) is 0 Å². The Bertz CT molecular complexity index is 470. The number of carbonyl (C=O) groups excluding carboxylic acids is 1. The Kier molecular flexibility index (Phi) is 4.46. The van der Waals surface area contributed by atoms with Gasteiger partial charge < -0.3 is 10.6 Å². The Hall–Kier alpha value is -1.95. The van der Waals surface area contributed by atoms with E-state index in [4.69, 9.17) is 0 Å². The average Bonchev–Trinajstić information content (AvgIpc) is 2.90. The predicted octanol–water partition coefficient (Wildman–Crippen LogP) is 1.01. The van der Waals surface area contributed by atoms with Crippen molar-refractivity contribution >= 4 is 11.6 Å². The minimum absolute atomic E-state index is 0.0164. The minimum Gasteiger partial charge on any atom is -0.354 e. The van der Waals surface area contributed by atoms with Gasteiger partial charge in [-0.25, -0.2) is 0 Å². The second kappa shape index (κ2) is 6.29. The van der Waals surface area contributed by atoms with Crippen molar-refractivity contribution in [1.29, 1.82) is 0 Å². The Labute approximate surface area is 111 Å². The van der Waals surface area contributed by atoms with E-state index in [0.29, 0.717) is 18.2 Å². The first-order valence-corrected chi connectivity index (χ1v) is 6.38. The number of hydrogen-bond acceptors (Lipinski definition) is 4. The summed E-state index contributed by atoms with van der Waals surface area (Å²) in [5.74, 6) is -0.103. The molecule has 1 amide bonds. The molecule has 102 valence electrons. The number of nitro benzene ring substituents is 1. The van der Waals surface area contributed by atoms with Crippen molar-refractivity contribution in [2.75, 3.05) is 13.1 Å². The van der Waals surface area contributed by atoms with Crippen LogP contribution in [0.3, 0.4) is 0 Å². The van der Waals surface area contributed by atoms with Gasteiger partial charge in [0.05, 0.1) is 11.3 Å². The van der Waals surface area contributed by atoms with Gasteiger partial charge in [0, 0.05) is 24.7 Å². The summed E-state index contributed by atoms with van der Waals surface area (Å²) in [5, 5.41) is 16.8. The highest BCUT2D eigenvalue weighted by Crippen LogP contribution is 2.13.